The summed E-state index contributed by atoms with van der Waals surface area (Å²) in [6.07, 6.45) is 0. The van der Waals surface area contributed by atoms with Gasteiger partial charge >= 0.3 is 0 Å². The van der Waals surface area contributed by atoms with Gasteiger partial charge in [-0.25, -0.2) is 4.68 Å². The number of nitrogens with zero attached hydrogens (tertiary/aromatic N) is 6. The zero-order valence-electron chi connectivity index (χ0n) is 19.6. The van der Waals surface area contributed by atoms with Crippen LogP contribution in [0.25, 0.3) is 0 Å². The van der Waals surface area contributed by atoms with Gasteiger partial charge in [-0.15, -0.1) is 5.10 Å². The van der Waals surface area contributed by atoms with Gasteiger partial charge in [0.2, 0.25) is 0 Å². The molecule has 4 rings (SSSR count). The van der Waals surface area contributed by atoms with Gasteiger partial charge in [-0.05, 0) is 61.4 Å². The van der Waals surface area contributed by atoms with E-state index in [2.05, 4.69) is 88.6 Å². The van der Waals surface area contributed by atoms with Gasteiger partial charge in [-0.2, -0.15) is 0 Å². The maximum absolute atomic E-state index is 5.66. The molecule has 2 heterocycles. The van der Waals surface area contributed by atoms with E-state index in [1.165, 1.54) is 11.1 Å². The third-order valence-electron chi connectivity index (χ3n) is 5.90. The molecule has 1 atom stereocenters. The van der Waals surface area contributed by atoms with E-state index in [9.17, 15) is 0 Å². The normalized spacial score (nSPS) is 16.8. The molecule has 0 spiro atoms. The molecule has 0 bridgehead atoms. The summed E-state index contributed by atoms with van der Waals surface area (Å²) in [5, 5.41) is 12.9. The van der Waals surface area contributed by atoms with Crippen molar-refractivity contribution in [2.75, 3.05) is 32.8 Å². The van der Waals surface area contributed by atoms with Gasteiger partial charge in [0, 0.05) is 32.7 Å². The summed E-state index contributed by atoms with van der Waals surface area (Å²) in [5.41, 5.74) is 2.35. The lowest BCUT2D eigenvalue weighted by Gasteiger charge is -2.39. The Morgan fingerprint density at radius 3 is 2.25 bits per heavy atom. The molecular weight excluding hydrogens is 400 g/mol. The van der Waals surface area contributed by atoms with E-state index in [0.29, 0.717) is 6.61 Å². The summed E-state index contributed by atoms with van der Waals surface area (Å²) in [7, 11) is 0. The maximum Gasteiger partial charge on any atom is 0.173 e. The van der Waals surface area contributed by atoms with Crippen LogP contribution in [0.5, 0.6) is 5.75 Å². The summed E-state index contributed by atoms with van der Waals surface area (Å²) in [4.78, 5) is 5.03. The largest absolute Gasteiger partial charge is 0.494 e. The molecule has 3 aromatic rings. The molecule has 1 aliphatic heterocycles. The summed E-state index contributed by atoms with van der Waals surface area (Å²) >= 11 is 0. The van der Waals surface area contributed by atoms with Crippen LogP contribution in [0.2, 0.25) is 0 Å². The molecule has 1 saturated heterocycles. The maximum atomic E-state index is 5.66. The average molecular weight is 435 g/mol. The minimum absolute atomic E-state index is 0.00113. The van der Waals surface area contributed by atoms with Gasteiger partial charge in [-0.1, -0.05) is 42.5 Å². The lowest BCUT2D eigenvalue weighted by molar-refractivity contribution is 0.0979. The molecule has 1 aliphatic rings. The summed E-state index contributed by atoms with van der Waals surface area (Å²) in [6.45, 7) is 14.0. The third-order valence-corrected chi connectivity index (χ3v) is 5.90. The zero-order valence-corrected chi connectivity index (χ0v) is 19.6. The summed E-state index contributed by atoms with van der Waals surface area (Å²) < 4.78 is 7.62. The molecule has 7 heteroatoms. The number of tetrazole rings is 1. The molecule has 1 unspecified atom stereocenters. The Morgan fingerprint density at radius 1 is 0.938 bits per heavy atom. The van der Waals surface area contributed by atoms with Crippen LogP contribution in [0.3, 0.4) is 0 Å². The van der Waals surface area contributed by atoms with Crippen LogP contribution < -0.4 is 4.74 Å². The molecule has 0 amide bonds. The van der Waals surface area contributed by atoms with Gasteiger partial charge < -0.3 is 4.74 Å². The highest BCUT2D eigenvalue weighted by Crippen LogP contribution is 2.31. The molecule has 0 radical (unpaired) electrons. The topological polar surface area (TPSA) is 59.3 Å². The van der Waals surface area contributed by atoms with Gasteiger partial charge in [0.25, 0.3) is 0 Å². The van der Waals surface area contributed by atoms with Crippen LogP contribution in [-0.2, 0) is 12.1 Å². The molecule has 32 heavy (non-hydrogen) atoms. The van der Waals surface area contributed by atoms with E-state index in [-0.39, 0.29) is 11.6 Å². The second kappa shape index (κ2) is 9.79. The molecule has 0 aliphatic carbocycles. The molecule has 2 aromatic carbocycles. The van der Waals surface area contributed by atoms with Crippen LogP contribution >= 0.6 is 0 Å². The Kier molecular flexibility index (Phi) is 6.86. The van der Waals surface area contributed by atoms with Crippen molar-refractivity contribution in [2.24, 2.45) is 0 Å². The molecule has 0 N–H and O–H groups in total. The third kappa shape index (κ3) is 5.16. The fourth-order valence-corrected chi connectivity index (χ4v) is 4.30. The quantitative estimate of drug-likeness (QED) is 0.565. The van der Waals surface area contributed by atoms with Crippen molar-refractivity contribution in [1.82, 2.24) is 30.0 Å². The van der Waals surface area contributed by atoms with E-state index in [1.807, 2.05) is 23.7 Å². The number of aromatic nitrogens is 4. The van der Waals surface area contributed by atoms with E-state index in [4.69, 9.17) is 4.74 Å². The van der Waals surface area contributed by atoms with Crippen molar-refractivity contribution in [3.63, 3.8) is 0 Å². The van der Waals surface area contributed by atoms with Crippen LogP contribution in [0.1, 0.15) is 50.7 Å². The summed E-state index contributed by atoms with van der Waals surface area (Å²) in [5.74, 6) is 1.77. The van der Waals surface area contributed by atoms with Crippen LogP contribution in [-0.4, -0.2) is 62.8 Å². The monoisotopic (exact) mass is 434 g/mol. The zero-order chi connectivity index (χ0) is 22.6. The van der Waals surface area contributed by atoms with Crippen molar-refractivity contribution >= 4 is 0 Å². The standard InChI is InChI=1S/C25H34N6O/c1-5-32-22-13-11-21(12-14-22)23(24-26-27-28-31(24)25(2,3)4)30-17-15-29(16-18-30)19-20-9-7-6-8-10-20/h6-14,23H,5,15-19H2,1-4H3. The smallest absolute Gasteiger partial charge is 0.173 e. The lowest BCUT2D eigenvalue weighted by atomic mass is 10.0. The number of benzene rings is 2. The van der Waals surface area contributed by atoms with E-state index < -0.39 is 0 Å². The number of rotatable bonds is 7. The molecule has 1 aromatic heterocycles. The Hall–Kier alpha value is -2.77. The fourth-order valence-electron chi connectivity index (χ4n) is 4.30. The minimum Gasteiger partial charge on any atom is -0.494 e. The fraction of sp³-hybridized carbons (Fsp3) is 0.480. The highest BCUT2D eigenvalue weighted by atomic mass is 16.5. The Morgan fingerprint density at radius 2 is 1.62 bits per heavy atom. The van der Waals surface area contributed by atoms with Crippen LogP contribution in [0, 0.1) is 0 Å². The van der Waals surface area contributed by atoms with Crippen molar-refractivity contribution in [3.05, 3.63) is 71.5 Å². The predicted molar refractivity (Wildman–Crippen MR) is 126 cm³/mol. The molecule has 1 fully saturated rings. The predicted octanol–water partition coefficient (Wildman–Crippen LogP) is 3.73. The van der Waals surface area contributed by atoms with Gasteiger partial charge in [0.05, 0.1) is 18.2 Å². The first kappa shape index (κ1) is 22.4. The van der Waals surface area contributed by atoms with E-state index >= 15 is 0 Å². The number of hydrogen-bond donors (Lipinski definition) is 0. The average Bonchev–Trinajstić information content (AvgIpc) is 3.27. The van der Waals surface area contributed by atoms with Crippen molar-refractivity contribution in [3.8, 4) is 5.75 Å². The Bertz CT molecular complexity index is 972. The molecule has 0 saturated carbocycles. The van der Waals surface area contributed by atoms with E-state index in [1.54, 1.807) is 0 Å². The highest BCUT2D eigenvalue weighted by Gasteiger charge is 2.33. The summed E-state index contributed by atoms with van der Waals surface area (Å²) in [6, 6.07) is 19.1. The number of piperazine rings is 1. The van der Waals surface area contributed by atoms with Crippen molar-refractivity contribution in [1.29, 1.82) is 0 Å². The first-order valence-electron chi connectivity index (χ1n) is 11.5. The number of ether oxygens (including phenoxy) is 1. The second-order valence-corrected chi connectivity index (χ2v) is 9.32. The van der Waals surface area contributed by atoms with Crippen molar-refractivity contribution < 1.29 is 4.74 Å². The van der Waals surface area contributed by atoms with Gasteiger partial charge in [-0.3, -0.25) is 9.80 Å². The first-order valence-corrected chi connectivity index (χ1v) is 11.5. The second-order valence-electron chi connectivity index (χ2n) is 9.32. The molecule has 170 valence electrons. The number of hydrogen-bond acceptors (Lipinski definition) is 6. The molecule has 7 nitrogen and oxygen atoms in total. The van der Waals surface area contributed by atoms with Crippen LogP contribution in [0.15, 0.2) is 54.6 Å². The minimum atomic E-state index is -0.197. The Labute approximate surface area is 191 Å². The lowest BCUT2D eigenvalue weighted by Crippen LogP contribution is -2.48. The highest BCUT2D eigenvalue weighted by molar-refractivity contribution is 5.32. The Balaban J connectivity index is 1.57. The SMILES string of the molecule is CCOc1ccc(C(c2nnnn2C(C)(C)C)N2CCN(Cc3ccccc3)CC2)cc1. The van der Waals surface area contributed by atoms with Crippen LogP contribution in [0.4, 0.5) is 0 Å². The molecular formula is C25H34N6O. The van der Waals surface area contributed by atoms with E-state index in [0.717, 1.165) is 44.3 Å². The van der Waals surface area contributed by atoms with Gasteiger partial charge in [0.1, 0.15) is 5.75 Å². The van der Waals surface area contributed by atoms with Crippen molar-refractivity contribution in [2.45, 2.75) is 45.8 Å². The van der Waals surface area contributed by atoms with Gasteiger partial charge in [0.15, 0.2) is 5.82 Å². The first-order chi connectivity index (χ1) is 15.5.